The third-order valence-corrected chi connectivity index (χ3v) is 16.9. The molecule has 8 aliphatic rings. The Balaban J connectivity index is 0.000000162. The lowest BCUT2D eigenvalue weighted by molar-refractivity contribution is -0.199. The Bertz CT molecular complexity index is 2590. The highest BCUT2D eigenvalue weighted by molar-refractivity contribution is 5.86. The molecule has 12 rings (SSSR count). The van der Waals surface area contributed by atoms with Crippen LogP contribution in [0.5, 0.6) is 0 Å². The normalized spacial score (nSPS) is 30.8. The van der Waals surface area contributed by atoms with Crippen molar-refractivity contribution in [2.75, 3.05) is 63.8 Å². The molecule has 12 heterocycles. The number of nitrogens with two attached hydrogens (primary N) is 2. The van der Waals surface area contributed by atoms with E-state index in [1.54, 1.807) is 0 Å². The summed E-state index contributed by atoms with van der Waals surface area (Å²) in [5.41, 5.74) is 12.8. The van der Waals surface area contributed by atoms with Crippen LogP contribution in [0.3, 0.4) is 0 Å². The number of anilines is 2. The molecule has 416 valence electrons. The summed E-state index contributed by atoms with van der Waals surface area (Å²) in [4.78, 5) is 51.3. The van der Waals surface area contributed by atoms with Gasteiger partial charge >= 0.3 is 12.2 Å². The Morgan fingerprint density at radius 3 is 1.30 bits per heavy atom. The molecule has 22 heteroatoms. The zero-order valence-corrected chi connectivity index (χ0v) is 46.1. The summed E-state index contributed by atoms with van der Waals surface area (Å²) in [5.74, 6) is -0.511. The predicted molar refractivity (Wildman–Crippen MR) is 281 cm³/mol. The third kappa shape index (κ3) is 10.2. The van der Waals surface area contributed by atoms with E-state index in [1.807, 2.05) is 113 Å². The molecule has 8 atom stereocenters. The van der Waals surface area contributed by atoms with Gasteiger partial charge in [0.2, 0.25) is 0 Å². The molecule has 0 unspecified atom stereocenters. The van der Waals surface area contributed by atoms with Crippen LogP contribution in [0.25, 0.3) is 22.1 Å². The number of amides is 2. The first-order chi connectivity index (χ1) is 35.9. The minimum Gasteiger partial charge on any atom is -0.444 e. The van der Waals surface area contributed by atoms with E-state index in [2.05, 4.69) is 29.7 Å². The Hall–Kier alpha value is -4.94. The van der Waals surface area contributed by atoms with Gasteiger partial charge in [-0.05, 0) is 146 Å². The zero-order chi connectivity index (χ0) is 53.7. The van der Waals surface area contributed by atoms with Gasteiger partial charge in [-0.1, -0.05) is 0 Å². The van der Waals surface area contributed by atoms with E-state index in [4.69, 9.17) is 49.4 Å². The second-order valence-corrected chi connectivity index (χ2v) is 25.2. The maximum absolute atomic E-state index is 12.6. The SMILES string of the molecule is CC(C)(C)OC(=O)N1CCC2(CCCN2C[C@@H]2O[C@@H](n3ccc4c(N)ncnc43)[C@@H]3OC(C)(C)O[C@@H]32)CC1.CC(C)(C)OC(=O)N1CCC2(CCCN2C[C@H]2O[C@@H](n3ccc4c(N)ncnc43)[C@@H]3OC(C)(C)O[C@@H]32)CC1. The van der Waals surface area contributed by atoms with Crippen LogP contribution in [0.2, 0.25) is 0 Å². The Morgan fingerprint density at radius 1 is 0.566 bits per heavy atom. The molecule has 22 nitrogen and oxygen atoms in total. The van der Waals surface area contributed by atoms with Crippen molar-refractivity contribution in [2.24, 2.45) is 0 Å². The minimum atomic E-state index is -0.700. The fourth-order valence-corrected chi connectivity index (χ4v) is 13.4. The largest absolute Gasteiger partial charge is 0.444 e. The van der Waals surface area contributed by atoms with Crippen LogP contribution < -0.4 is 11.5 Å². The molecule has 76 heavy (non-hydrogen) atoms. The van der Waals surface area contributed by atoms with Gasteiger partial charge in [0.25, 0.3) is 0 Å². The lowest BCUT2D eigenvalue weighted by atomic mass is 9.84. The second kappa shape index (κ2) is 19.5. The van der Waals surface area contributed by atoms with Crippen molar-refractivity contribution in [3.8, 4) is 0 Å². The summed E-state index contributed by atoms with van der Waals surface area (Å²) in [6.45, 7) is 25.6. The number of carbonyl (C=O) groups is 2. The second-order valence-electron chi connectivity index (χ2n) is 25.2. The quantitative estimate of drug-likeness (QED) is 0.207. The van der Waals surface area contributed by atoms with Crippen molar-refractivity contribution in [3.63, 3.8) is 0 Å². The summed E-state index contributed by atoms with van der Waals surface area (Å²) in [6, 6.07) is 3.84. The number of aromatic nitrogens is 6. The number of nitrogens with zero attached hydrogens (tertiary/aromatic N) is 10. The van der Waals surface area contributed by atoms with Crippen molar-refractivity contribution in [3.05, 3.63) is 37.2 Å². The molecule has 8 aliphatic heterocycles. The van der Waals surface area contributed by atoms with Gasteiger partial charge < -0.3 is 68.3 Å². The fourth-order valence-electron chi connectivity index (χ4n) is 13.4. The number of fused-ring (bicyclic) bond motifs is 4. The molecular formula is C54H80N12O10. The van der Waals surface area contributed by atoms with Crippen molar-refractivity contribution < 1.29 is 47.5 Å². The van der Waals surface area contributed by atoms with Crippen molar-refractivity contribution >= 4 is 45.9 Å². The van der Waals surface area contributed by atoms with Crippen LogP contribution in [-0.4, -0.2) is 184 Å². The summed E-state index contributed by atoms with van der Waals surface area (Å²) in [6.07, 6.45) is 12.6. The smallest absolute Gasteiger partial charge is 0.410 e. The van der Waals surface area contributed by atoms with Gasteiger partial charge in [-0.15, -0.1) is 0 Å². The standard InChI is InChI=1S/2C27H40N6O5/c2*1-25(2,3)38-24(34)31-13-9-27(10-14-31)8-6-11-32(27)15-18-19-20(37-26(4,5)36-19)23(35-18)33-12-7-17-21(28)29-16-30-22(17)33/h2*7,12,16,18-20,23H,6,8-11,13-15H2,1-5H3,(H2,28,29,30)/t18-,19+,20+,23+;18-,19-,20-,23-/m01/s1. The number of hydrogen-bond donors (Lipinski definition) is 2. The molecule has 2 spiro atoms. The summed E-state index contributed by atoms with van der Waals surface area (Å²) in [7, 11) is 0. The Morgan fingerprint density at radius 2 is 0.934 bits per heavy atom. The maximum Gasteiger partial charge on any atom is 0.410 e. The first-order valence-corrected chi connectivity index (χ1v) is 27.5. The van der Waals surface area contributed by atoms with Crippen LogP contribution in [-0.2, 0) is 37.9 Å². The van der Waals surface area contributed by atoms with Crippen LogP contribution in [0.1, 0.15) is 133 Å². The lowest BCUT2D eigenvalue weighted by Crippen LogP contribution is -2.56. The van der Waals surface area contributed by atoms with E-state index in [0.29, 0.717) is 37.8 Å². The fraction of sp³-hybridized carbons (Fsp3) is 0.741. The number of hydrogen-bond acceptors (Lipinski definition) is 18. The molecule has 4 aromatic heterocycles. The molecule has 4 N–H and O–H groups in total. The summed E-state index contributed by atoms with van der Waals surface area (Å²) in [5, 5.41) is 1.59. The highest BCUT2D eigenvalue weighted by Gasteiger charge is 2.59. The van der Waals surface area contributed by atoms with Gasteiger partial charge in [-0.25, -0.2) is 29.5 Å². The Kier molecular flexibility index (Phi) is 13.6. The highest BCUT2D eigenvalue weighted by Crippen LogP contribution is 2.49. The van der Waals surface area contributed by atoms with Crippen molar-refractivity contribution in [2.45, 2.75) is 204 Å². The molecule has 0 aromatic carbocycles. The van der Waals surface area contributed by atoms with Gasteiger partial charge in [0.05, 0.1) is 10.8 Å². The topological polar surface area (TPSA) is 234 Å². The third-order valence-electron chi connectivity index (χ3n) is 16.9. The summed E-state index contributed by atoms with van der Waals surface area (Å²) >= 11 is 0. The van der Waals surface area contributed by atoms with Crippen LogP contribution >= 0.6 is 0 Å². The van der Waals surface area contributed by atoms with Crippen molar-refractivity contribution in [1.82, 2.24) is 48.7 Å². The van der Waals surface area contributed by atoms with Crippen LogP contribution in [0, 0.1) is 0 Å². The highest BCUT2D eigenvalue weighted by atomic mass is 16.8. The van der Waals surface area contributed by atoms with Crippen LogP contribution in [0.4, 0.5) is 21.2 Å². The van der Waals surface area contributed by atoms with E-state index in [0.717, 1.165) is 99.6 Å². The molecule has 8 saturated heterocycles. The van der Waals surface area contributed by atoms with E-state index in [1.165, 1.54) is 12.7 Å². The van der Waals surface area contributed by atoms with E-state index < -0.39 is 22.8 Å². The van der Waals surface area contributed by atoms with Crippen molar-refractivity contribution in [1.29, 1.82) is 0 Å². The average molecular weight is 1060 g/mol. The van der Waals surface area contributed by atoms with Gasteiger partial charge in [-0.2, -0.15) is 0 Å². The zero-order valence-electron chi connectivity index (χ0n) is 46.1. The minimum absolute atomic E-state index is 0.0618. The number of likely N-dealkylation sites (tertiary alicyclic amines) is 4. The van der Waals surface area contributed by atoms with E-state index in [9.17, 15) is 9.59 Å². The molecule has 0 bridgehead atoms. The molecule has 0 radical (unpaired) electrons. The maximum atomic E-state index is 12.6. The molecule has 2 amide bonds. The number of nitrogen functional groups attached to an aromatic ring is 2. The van der Waals surface area contributed by atoms with E-state index in [-0.39, 0.29) is 72.3 Å². The van der Waals surface area contributed by atoms with Gasteiger partial charge in [0.15, 0.2) is 24.0 Å². The molecular weight excluding hydrogens is 977 g/mol. The summed E-state index contributed by atoms with van der Waals surface area (Å²) < 4.78 is 54.2. The first-order valence-electron chi connectivity index (χ1n) is 27.5. The van der Waals surface area contributed by atoms with Gasteiger partial charge in [0.1, 0.15) is 83.4 Å². The Labute approximate surface area is 445 Å². The monoisotopic (exact) mass is 1060 g/mol. The predicted octanol–water partition coefficient (Wildman–Crippen LogP) is 6.59. The number of ether oxygens (including phenoxy) is 8. The molecule has 8 fully saturated rings. The van der Waals surface area contributed by atoms with Gasteiger partial charge in [-0.3, -0.25) is 9.80 Å². The first kappa shape index (κ1) is 53.1. The van der Waals surface area contributed by atoms with Crippen LogP contribution in [0.15, 0.2) is 37.2 Å². The average Bonchev–Trinajstić information content (AvgIpc) is 4.27. The number of rotatable bonds is 6. The lowest BCUT2D eigenvalue weighted by Gasteiger charge is -2.46. The molecule has 4 aromatic rings. The molecule has 0 saturated carbocycles. The molecule has 0 aliphatic carbocycles. The van der Waals surface area contributed by atoms with E-state index >= 15 is 0 Å². The number of carbonyl (C=O) groups excluding carboxylic acids is 2. The van der Waals surface area contributed by atoms with Gasteiger partial charge in [0, 0.05) is 62.7 Å². The number of piperidine rings is 2.